The van der Waals surface area contributed by atoms with Gasteiger partial charge in [-0.1, -0.05) is 0 Å². The first-order chi connectivity index (χ1) is 0. The molecule has 0 radical (unpaired) electrons. The quantitative estimate of drug-likeness (QED) is 0.391. The summed E-state index contributed by atoms with van der Waals surface area (Å²) in [5, 5.41) is 0. The third kappa shape index (κ3) is 26.0. The number of rotatable bonds is 0. The van der Waals surface area contributed by atoms with Gasteiger partial charge in [0, 0.05) is 0 Å². The maximum atomic E-state index is 0. The van der Waals surface area contributed by atoms with Crippen molar-refractivity contribution in [2.45, 2.75) is 0 Å². The first-order valence-electron chi connectivity index (χ1n) is 0. The Kier molecular flexibility index (Phi) is 372. The molecule has 0 aliphatic rings. The molecule has 0 saturated carbocycles. The fourth-order valence-electron chi connectivity index (χ4n) is 0. The minimum Gasteiger partial charge on any atom is 2.00 e. The predicted molar refractivity (Wildman–Crippen MR) is 30.4 cm³/mol. The Morgan fingerprint density at radius 3 is 0.833 bits per heavy atom. The van der Waals surface area contributed by atoms with Gasteiger partial charge < -0.3 is 34.1 Å². The maximum Gasteiger partial charge on any atom is 2.00 e. The van der Waals surface area contributed by atoms with Crippen LogP contribution < -0.4 is 0 Å². The molecule has 0 aromatic carbocycles. The van der Waals surface area contributed by atoms with Gasteiger partial charge in [0.1, 0.15) is 0 Å². The average molecular weight is 451 g/mol. The maximum absolute atomic E-state index is 0. The van der Waals surface area contributed by atoms with Gasteiger partial charge >= 0.3 is 63.8 Å². The summed E-state index contributed by atoms with van der Waals surface area (Å²) in [6, 6.07) is 0. The molecule has 0 aromatic heterocycles. The van der Waals surface area contributed by atoms with E-state index in [9.17, 15) is 0 Å². The molecule has 0 nitrogen and oxygen atoms in total. The minimum absolute atomic E-state index is 0. The van der Waals surface area contributed by atoms with E-state index in [0.717, 1.165) is 0 Å². The second-order valence-electron chi connectivity index (χ2n) is 0. The van der Waals surface area contributed by atoms with Gasteiger partial charge in [0.15, 0.2) is 0 Å². The van der Waals surface area contributed by atoms with Crippen LogP contribution in [0.2, 0.25) is 0 Å². The fraction of sp³-hybridized carbons (Fsp3) is 0. The van der Waals surface area contributed by atoms with Crippen LogP contribution in [0.1, 0.15) is 0 Å². The van der Waals surface area contributed by atoms with Crippen LogP contribution in [0.5, 0.6) is 0 Å². The molecule has 6 heavy (non-hydrogen) atoms. The predicted octanol–water partition coefficient (Wildman–Crippen LogP) is -1.57. The largest absolute Gasteiger partial charge is 2.00 e. The van der Waals surface area contributed by atoms with Crippen molar-refractivity contribution in [3.63, 3.8) is 0 Å². The third-order valence-electron chi connectivity index (χ3n) is 0. The normalized spacial score (nSPS) is 0. The Balaban J connectivity index is 0. The summed E-state index contributed by atoms with van der Waals surface area (Å²) >= 11 is 0. The van der Waals surface area contributed by atoms with Crippen molar-refractivity contribution in [2.75, 3.05) is 0 Å². The summed E-state index contributed by atoms with van der Waals surface area (Å²) < 4.78 is 0. The van der Waals surface area contributed by atoms with Crippen molar-refractivity contribution in [3.8, 4) is 0 Å². The molecular weight excluding hydrogens is 447 g/mol. The molecule has 0 amide bonds. The molecule has 0 spiro atoms. The molecule has 0 unspecified atom stereocenters. The molecule has 0 fully saturated rings. The molecule has 0 heterocycles. The molecule has 0 aliphatic heterocycles. The van der Waals surface area contributed by atoms with E-state index in [1.54, 1.807) is 0 Å². The van der Waals surface area contributed by atoms with E-state index >= 15 is 0 Å². The molecule has 0 aliphatic carbocycles. The zero-order valence-electron chi connectivity index (χ0n) is 3.23. The zero-order chi connectivity index (χ0) is 0. The van der Waals surface area contributed by atoms with E-state index in [0.29, 0.717) is 0 Å². The van der Waals surface area contributed by atoms with Crippen molar-refractivity contribution >= 4 is 64.7 Å². The van der Waals surface area contributed by atoms with Gasteiger partial charge in [-0.25, -0.2) is 0 Å². The van der Waals surface area contributed by atoms with Crippen LogP contribution in [0.15, 0.2) is 0 Å². The standard InChI is InChI=1S/Cd.H2S.H2Se.2Se.Zn/h;2*1H2;;;/q+2;;;2*-2;+2. The summed E-state index contributed by atoms with van der Waals surface area (Å²) in [4.78, 5) is 0. The molecule has 0 atom stereocenters. The van der Waals surface area contributed by atoms with Gasteiger partial charge in [-0.3, -0.25) is 0 Å². The third-order valence-corrected chi connectivity index (χ3v) is 0. The summed E-state index contributed by atoms with van der Waals surface area (Å²) in [6.07, 6.45) is 0. The number of hydrogen-bond acceptors (Lipinski definition) is 0. The smallest absolute Gasteiger partial charge is 2.00 e. The fourth-order valence-corrected chi connectivity index (χ4v) is 0. The second-order valence-corrected chi connectivity index (χ2v) is 0. The molecule has 0 bridgehead atoms. The van der Waals surface area contributed by atoms with E-state index in [-0.39, 0.29) is 111 Å². The Morgan fingerprint density at radius 2 is 0.833 bits per heavy atom. The Labute approximate surface area is 110 Å². The molecule has 0 rings (SSSR count). The van der Waals surface area contributed by atoms with E-state index in [1.807, 2.05) is 0 Å². The van der Waals surface area contributed by atoms with Crippen molar-refractivity contribution in [2.24, 2.45) is 0 Å². The molecule has 6 heteroatoms. The molecule has 32 valence electrons. The van der Waals surface area contributed by atoms with Crippen LogP contribution >= 0.6 is 13.5 Å². The zero-order valence-corrected chi connectivity index (χ0v) is 16.8. The van der Waals surface area contributed by atoms with Crippen molar-refractivity contribution < 1.29 is 46.8 Å². The summed E-state index contributed by atoms with van der Waals surface area (Å²) in [5.74, 6) is 0. The second kappa shape index (κ2) is 39.4. The van der Waals surface area contributed by atoms with Crippen LogP contribution in [0.4, 0.5) is 0 Å². The number of hydrogen-bond donors (Lipinski definition) is 0. The van der Waals surface area contributed by atoms with Crippen molar-refractivity contribution in [3.05, 3.63) is 0 Å². The van der Waals surface area contributed by atoms with Gasteiger partial charge in [-0.15, -0.1) is 0 Å². The Bertz CT molecular complexity index is 10.8. The first-order valence-corrected chi connectivity index (χ1v) is 0. The Hall–Kier alpha value is 3.45. The van der Waals surface area contributed by atoms with E-state index in [2.05, 4.69) is 0 Å². The van der Waals surface area contributed by atoms with Gasteiger partial charge in [0.2, 0.25) is 0 Å². The minimum atomic E-state index is 0. The van der Waals surface area contributed by atoms with Gasteiger partial charge in [0.25, 0.3) is 0 Å². The Morgan fingerprint density at radius 1 is 0.833 bits per heavy atom. The van der Waals surface area contributed by atoms with E-state index < -0.39 is 0 Å². The van der Waals surface area contributed by atoms with Gasteiger partial charge in [0.05, 0.1) is 0 Å². The summed E-state index contributed by atoms with van der Waals surface area (Å²) in [6.45, 7) is 0. The van der Waals surface area contributed by atoms with Gasteiger partial charge in [-0.05, 0) is 0 Å². The van der Waals surface area contributed by atoms with Crippen LogP contribution in [-0.2, 0) is 46.8 Å². The molecule has 0 saturated heterocycles. The van der Waals surface area contributed by atoms with Crippen molar-refractivity contribution in [1.29, 1.82) is 0 Å². The van der Waals surface area contributed by atoms with Crippen molar-refractivity contribution in [1.82, 2.24) is 0 Å². The van der Waals surface area contributed by atoms with Crippen LogP contribution in [0, 0.1) is 0 Å². The van der Waals surface area contributed by atoms with Crippen LogP contribution in [0.25, 0.3) is 0 Å². The topological polar surface area (TPSA) is 0 Å². The molecular formula is H4CdSSe3Zn. The van der Waals surface area contributed by atoms with E-state index in [4.69, 9.17) is 0 Å². The van der Waals surface area contributed by atoms with Crippen LogP contribution in [0.3, 0.4) is 0 Å². The summed E-state index contributed by atoms with van der Waals surface area (Å²) in [5.41, 5.74) is 0. The first kappa shape index (κ1) is 56.6. The average Bonchev–Trinajstić information content (AvgIpc) is 0. The van der Waals surface area contributed by atoms with Gasteiger partial charge in [-0.2, -0.15) is 13.5 Å². The molecule has 0 N–H and O–H groups in total. The molecule has 0 aromatic rings. The van der Waals surface area contributed by atoms with Crippen LogP contribution in [-0.4, -0.2) is 51.2 Å². The SMILES string of the molecule is S.[Cd+2].[Se-2].[Se-2].[SeH2].[Zn+2]. The monoisotopic (exact) mass is 454 g/mol. The van der Waals surface area contributed by atoms with E-state index in [1.165, 1.54) is 0 Å². The summed E-state index contributed by atoms with van der Waals surface area (Å²) in [7, 11) is 0.